The van der Waals surface area contributed by atoms with Crippen LogP contribution in [0, 0.1) is 5.92 Å². The fourth-order valence-electron chi connectivity index (χ4n) is 3.61. The third-order valence-corrected chi connectivity index (χ3v) is 5.53. The van der Waals surface area contributed by atoms with E-state index < -0.39 is 17.9 Å². The molecule has 0 aromatic heterocycles. The third-order valence-electron chi connectivity index (χ3n) is 5.28. The van der Waals surface area contributed by atoms with Gasteiger partial charge in [0, 0.05) is 23.7 Å². The Balaban J connectivity index is 1.29. The summed E-state index contributed by atoms with van der Waals surface area (Å²) in [5.74, 6) is -0.377. The van der Waals surface area contributed by atoms with Crippen molar-refractivity contribution in [2.45, 2.75) is 18.9 Å². The zero-order valence-electron chi connectivity index (χ0n) is 16.7. The van der Waals surface area contributed by atoms with Crippen molar-refractivity contribution in [2.75, 3.05) is 19.7 Å². The summed E-state index contributed by atoms with van der Waals surface area (Å²) >= 11 is 5.88. The molecule has 162 valence electrons. The Morgan fingerprint density at radius 1 is 0.968 bits per heavy atom. The van der Waals surface area contributed by atoms with Crippen molar-refractivity contribution in [1.82, 2.24) is 15.8 Å². The molecule has 1 fully saturated rings. The first-order chi connectivity index (χ1) is 15.0. The molecule has 0 bridgehead atoms. The first-order valence-corrected chi connectivity index (χ1v) is 10.4. The second-order valence-corrected chi connectivity index (χ2v) is 7.88. The van der Waals surface area contributed by atoms with E-state index in [-0.39, 0.29) is 25.0 Å². The van der Waals surface area contributed by atoms with Crippen LogP contribution < -0.4 is 20.3 Å². The van der Waals surface area contributed by atoms with Crippen LogP contribution in [0.4, 0.5) is 0 Å². The second-order valence-electron chi connectivity index (χ2n) is 7.44. The largest absolute Gasteiger partial charge is 0.485 e. The van der Waals surface area contributed by atoms with E-state index in [0.29, 0.717) is 41.5 Å². The van der Waals surface area contributed by atoms with Crippen LogP contribution >= 0.6 is 11.6 Å². The molecule has 2 aliphatic heterocycles. The number of fused-ring (bicyclic) bond motifs is 1. The Morgan fingerprint density at radius 2 is 1.68 bits per heavy atom. The summed E-state index contributed by atoms with van der Waals surface area (Å²) in [7, 11) is 0. The van der Waals surface area contributed by atoms with Crippen molar-refractivity contribution in [1.29, 1.82) is 0 Å². The third kappa shape index (κ3) is 4.91. The SMILES string of the molecule is O=C(NNC(=O)C1COc2ccccc2O1)C1CCCN(C(=O)c2ccc(Cl)cc2)C1. The monoisotopic (exact) mass is 443 g/mol. The number of nitrogens with zero attached hydrogens (tertiary/aromatic N) is 1. The molecule has 4 rings (SSSR count). The van der Waals surface area contributed by atoms with Crippen LogP contribution in [-0.2, 0) is 9.59 Å². The van der Waals surface area contributed by atoms with Crippen LogP contribution in [0.5, 0.6) is 11.5 Å². The molecule has 9 heteroatoms. The summed E-state index contributed by atoms with van der Waals surface area (Å²) in [5, 5.41) is 0.555. The highest BCUT2D eigenvalue weighted by Crippen LogP contribution is 2.30. The highest BCUT2D eigenvalue weighted by atomic mass is 35.5. The van der Waals surface area contributed by atoms with Crippen LogP contribution in [-0.4, -0.2) is 48.4 Å². The minimum atomic E-state index is -0.871. The summed E-state index contributed by atoms with van der Waals surface area (Å²) < 4.78 is 11.1. The number of rotatable bonds is 3. The van der Waals surface area contributed by atoms with E-state index in [9.17, 15) is 14.4 Å². The van der Waals surface area contributed by atoms with Gasteiger partial charge in [0.05, 0.1) is 5.92 Å². The molecule has 0 radical (unpaired) electrons. The molecule has 2 aliphatic rings. The van der Waals surface area contributed by atoms with E-state index in [4.69, 9.17) is 21.1 Å². The number of benzene rings is 2. The zero-order valence-corrected chi connectivity index (χ0v) is 17.4. The maximum atomic E-state index is 12.7. The number of likely N-dealkylation sites (tertiary alicyclic amines) is 1. The molecular formula is C22H22ClN3O5. The Labute approximate surface area is 184 Å². The minimum Gasteiger partial charge on any atom is -0.485 e. The van der Waals surface area contributed by atoms with Crippen LogP contribution in [0.2, 0.25) is 5.02 Å². The van der Waals surface area contributed by atoms with E-state index in [2.05, 4.69) is 10.9 Å². The first kappa shape index (κ1) is 21.0. The number of hydrogen-bond acceptors (Lipinski definition) is 5. The number of hydrazine groups is 1. The van der Waals surface area contributed by atoms with Gasteiger partial charge in [0.1, 0.15) is 6.61 Å². The maximum absolute atomic E-state index is 12.7. The molecule has 1 saturated heterocycles. The quantitative estimate of drug-likeness (QED) is 0.709. The maximum Gasteiger partial charge on any atom is 0.283 e. The summed E-state index contributed by atoms with van der Waals surface area (Å²) in [6.07, 6.45) is 0.453. The molecule has 2 aromatic rings. The lowest BCUT2D eigenvalue weighted by Gasteiger charge is -2.32. The van der Waals surface area contributed by atoms with Gasteiger partial charge >= 0.3 is 0 Å². The van der Waals surface area contributed by atoms with E-state index in [1.807, 2.05) is 6.07 Å². The molecule has 2 N–H and O–H groups in total. The van der Waals surface area contributed by atoms with Gasteiger partial charge in [0.15, 0.2) is 11.5 Å². The highest BCUT2D eigenvalue weighted by Gasteiger charge is 2.31. The Kier molecular flexibility index (Phi) is 6.27. The smallest absolute Gasteiger partial charge is 0.283 e. The lowest BCUT2D eigenvalue weighted by molar-refractivity contribution is -0.136. The van der Waals surface area contributed by atoms with Crippen LogP contribution in [0.15, 0.2) is 48.5 Å². The molecule has 8 nitrogen and oxygen atoms in total. The van der Waals surface area contributed by atoms with Crippen LogP contribution in [0.25, 0.3) is 0 Å². The summed E-state index contributed by atoms with van der Waals surface area (Å²) in [6, 6.07) is 13.7. The standard InChI is InChI=1S/C22H22ClN3O5/c23-16-9-7-14(8-10-16)22(29)26-11-3-4-15(12-26)20(27)24-25-21(28)19-13-30-17-5-1-2-6-18(17)31-19/h1-2,5-10,15,19H,3-4,11-13H2,(H,24,27)(H,25,28). The van der Waals surface area contributed by atoms with Crippen molar-refractivity contribution in [3.63, 3.8) is 0 Å². The van der Waals surface area contributed by atoms with Crippen molar-refractivity contribution in [3.8, 4) is 11.5 Å². The number of halogens is 1. The number of ether oxygens (including phenoxy) is 2. The second kappa shape index (κ2) is 9.26. The number of hydrogen-bond donors (Lipinski definition) is 2. The molecular weight excluding hydrogens is 422 g/mol. The molecule has 2 atom stereocenters. The fourth-order valence-corrected chi connectivity index (χ4v) is 3.73. The summed E-state index contributed by atoms with van der Waals surface area (Å²) in [4.78, 5) is 39.3. The number of amides is 3. The molecule has 0 spiro atoms. The molecule has 2 unspecified atom stereocenters. The van der Waals surface area contributed by atoms with Gasteiger partial charge in [-0.2, -0.15) is 0 Å². The summed E-state index contributed by atoms with van der Waals surface area (Å²) in [6.45, 7) is 0.898. The van der Waals surface area contributed by atoms with E-state index >= 15 is 0 Å². The lowest BCUT2D eigenvalue weighted by Crippen LogP contribution is -2.54. The fraction of sp³-hybridized carbons (Fsp3) is 0.318. The highest BCUT2D eigenvalue weighted by molar-refractivity contribution is 6.30. The number of piperidine rings is 1. The number of para-hydroxylation sites is 2. The van der Waals surface area contributed by atoms with Gasteiger partial charge in [0.25, 0.3) is 11.8 Å². The van der Waals surface area contributed by atoms with Crippen molar-refractivity contribution < 1.29 is 23.9 Å². The molecule has 2 aromatic carbocycles. The predicted molar refractivity (Wildman–Crippen MR) is 113 cm³/mol. The van der Waals surface area contributed by atoms with E-state index in [0.717, 1.165) is 0 Å². The van der Waals surface area contributed by atoms with Crippen molar-refractivity contribution in [3.05, 3.63) is 59.1 Å². The van der Waals surface area contributed by atoms with Gasteiger partial charge in [-0.1, -0.05) is 23.7 Å². The van der Waals surface area contributed by atoms with Gasteiger partial charge < -0.3 is 14.4 Å². The van der Waals surface area contributed by atoms with E-state index in [1.165, 1.54) is 0 Å². The van der Waals surface area contributed by atoms with Crippen LogP contribution in [0.1, 0.15) is 23.2 Å². The Morgan fingerprint density at radius 3 is 2.45 bits per heavy atom. The molecule has 0 aliphatic carbocycles. The van der Waals surface area contributed by atoms with Gasteiger partial charge in [-0.15, -0.1) is 0 Å². The zero-order chi connectivity index (χ0) is 21.8. The average molecular weight is 444 g/mol. The van der Waals surface area contributed by atoms with Crippen molar-refractivity contribution in [2.24, 2.45) is 5.92 Å². The molecule has 3 amide bonds. The van der Waals surface area contributed by atoms with Gasteiger partial charge in [-0.05, 0) is 49.2 Å². The lowest BCUT2D eigenvalue weighted by atomic mass is 9.96. The molecule has 2 heterocycles. The van der Waals surface area contributed by atoms with Crippen LogP contribution in [0.3, 0.4) is 0 Å². The normalized spacial score (nSPS) is 20.0. The Bertz CT molecular complexity index is 981. The Hall–Kier alpha value is -3.26. The van der Waals surface area contributed by atoms with Gasteiger partial charge in [0.2, 0.25) is 12.0 Å². The molecule has 0 saturated carbocycles. The van der Waals surface area contributed by atoms with Gasteiger partial charge in [-0.25, -0.2) is 0 Å². The number of nitrogens with one attached hydrogen (secondary N) is 2. The minimum absolute atomic E-state index is 0.0471. The molecule has 31 heavy (non-hydrogen) atoms. The first-order valence-electron chi connectivity index (χ1n) is 10.0. The topological polar surface area (TPSA) is 97.0 Å². The number of carbonyl (C=O) groups is 3. The van der Waals surface area contributed by atoms with Gasteiger partial charge in [-0.3, -0.25) is 25.2 Å². The predicted octanol–water partition coefficient (Wildman–Crippen LogP) is 2.18. The average Bonchev–Trinajstić information content (AvgIpc) is 2.82. The summed E-state index contributed by atoms with van der Waals surface area (Å²) in [5.41, 5.74) is 5.37. The van der Waals surface area contributed by atoms with E-state index in [1.54, 1.807) is 47.4 Å². The number of carbonyl (C=O) groups excluding carboxylic acids is 3. The van der Waals surface area contributed by atoms with Crippen molar-refractivity contribution >= 4 is 29.3 Å².